The van der Waals surface area contributed by atoms with Gasteiger partial charge < -0.3 is 14.6 Å². The van der Waals surface area contributed by atoms with Gasteiger partial charge in [-0.15, -0.1) is 0 Å². The largest absolute Gasteiger partial charge is 0.396 e. The topological polar surface area (TPSA) is 38.7 Å². The quantitative estimate of drug-likeness (QED) is 0.204. The van der Waals surface area contributed by atoms with Crippen LogP contribution in [0, 0.1) is 0 Å². The van der Waals surface area contributed by atoms with Gasteiger partial charge in [-0.1, -0.05) is 103 Å². The molecule has 0 radical (unpaired) electrons. The van der Waals surface area contributed by atoms with Crippen LogP contribution < -0.4 is 0 Å². The van der Waals surface area contributed by atoms with Crippen LogP contribution in [0.1, 0.15) is 116 Å². The molecule has 0 rings (SSSR count). The Bertz CT molecular complexity index is 209. The Hall–Kier alpha value is -0.120. The van der Waals surface area contributed by atoms with Gasteiger partial charge in [-0.05, 0) is 12.8 Å². The molecule has 0 aliphatic heterocycles. The first kappa shape index (κ1) is 25.9. The van der Waals surface area contributed by atoms with Crippen LogP contribution in [0.25, 0.3) is 0 Å². The summed E-state index contributed by atoms with van der Waals surface area (Å²) in [5.41, 5.74) is 0. The molecule has 0 saturated carbocycles. The van der Waals surface area contributed by atoms with Crippen LogP contribution in [0.4, 0.5) is 0 Å². The molecule has 0 aromatic rings. The van der Waals surface area contributed by atoms with Crippen molar-refractivity contribution in [3.63, 3.8) is 0 Å². The van der Waals surface area contributed by atoms with Crippen LogP contribution in [0.5, 0.6) is 0 Å². The van der Waals surface area contributed by atoms with Crippen molar-refractivity contribution >= 4 is 0 Å². The van der Waals surface area contributed by atoms with Gasteiger partial charge in [0.25, 0.3) is 0 Å². The van der Waals surface area contributed by atoms with Crippen molar-refractivity contribution in [1.29, 1.82) is 0 Å². The Morgan fingerprint density at radius 2 is 0.769 bits per heavy atom. The maximum Gasteiger partial charge on any atom is 0.0700 e. The first-order chi connectivity index (χ1) is 12.9. The highest BCUT2D eigenvalue weighted by Gasteiger charge is 1.95. The van der Waals surface area contributed by atoms with E-state index in [1.54, 1.807) is 0 Å². The fourth-order valence-corrected chi connectivity index (χ4v) is 3.24. The van der Waals surface area contributed by atoms with Crippen molar-refractivity contribution in [2.75, 3.05) is 33.0 Å². The predicted octanol–water partition coefficient (Wildman–Crippen LogP) is 6.66. The van der Waals surface area contributed by atoms with Gasteiger partial charge >= 0.3 is 0 Å². The molecule has 3 heteroatoms. The zero-order valence-electron chi connectivity index (χ0n) is 17.8. The van der Waals surface area contributed by atoms with Crippen molar-refractivity contribution in [2.45, 2.75) is 116 Å². The maximum absolute atomic E-state index is 8.62. The summed E-state index contributed by atoms with van der Waals surface area (Å²) in [6.07, 6.45) is 23.2. The molecule has 0 aliphatic rings. The smallest absolute Gasteiger partial charge is 0.0700 e. The van der Waals surface area contributed by atoms with Crippen molar-refractivity contribution in [3.8, 4) is 0 Å². The third kappa shape index (κ3) is 23.9. The standard InChI is InChI=1S/C23H48O3/c1-2-3-4-5-6-7-8-9-10-11-12-13-14-15-16-17-20-25-22-23-26-21-18-19-24/h24H,2-23H2,1H3. The van der Waals surface area contributed by atoms with Gasteiger partial charge in [-0.3, -0.25) is 0 Å². The Morgan fingerprint density at radius 1 is 0.423 bits per heavy atom. The van der Waals surface area contributed by atoms with Gasteiger partial charge in [-0.2, -0.15) is 0 Å². The van der Waals surface area contributed by atoms with Gasteiger partial charge in [0.1, 0.15) is 0 Å². The van der Waals surface area contributed by atoms with Crippen LogP contribution in [0.15, 0.2) is 0 Å². The molecular weight excluding hydrogens is 324 g/mol. The highest BCUT2D eigenvalue weighted by atomic mass is 16.5. The van der Waals surface area contributed by atoms with Gasteiger partial charge in [0, 0.05) is 19.8 Å². The highest BCUT2D eigenvalue weighted by Crippen LogP contribution is 2.13. The second kappa shape index (κ2) is 24.9. The van der Waals surface area contributed by atoms with E-state index in [1.807, 2.05) is 0 Å². The summed E-state index contributed by atoms with van der Waals surface area (Å²) in [6.45, 7) is 5.33. The lowest BCUT2D eigenvalue weighted by Gasteiger charge is -2.05. The first-order valence-electron chi connectivity index (χ1n) is 11.7. The molecule has 0 amide bonds. The third-order valence-corrected chi connectivity index (χ3v) is 4.96. The molecule has 158 valence electrons. The minimum atomic E-state index is 0.208. The minimum absolute atomic E-state index is 0.208. The second-order valence-corrected chi connectivity index (χ2v) is 7.61. The summed E-state index contributed by atoms with van der Waals surface area (Å²) in [7, 11) is 0. The van der Waals surface area contributed by atoms with Crippen molar-refractivity contribution in [2.24, 2.45) is 0 Å². The van der Waals surface area contributed by atoms with Crippen molar-refractivity contribution in [1.82, 2.24) is 0 Å². The summed E-state index contributed by atoms with van der Waals surface area (Å²) in [5, 5.41) is 8.62. The van der Waals surface area contributed by atoms with Crippen LogP contribution in [0.2, 0.25) is 0 Å². The molecule has 0 bridgehead atoms. The molecule has 0 unspecified atom stereocenters. The molecule has 0 aliphatic carbocycles. The number of rotatable bonds is 23. The molecule has 0 spiro atoms. The molecule has 0 aromatic heterocycles. The Kier molecular flexibility index (Phi) is 24.8. The molecule has 0 saturated heterocycles. The van der Waals surface area contributed by atoms with E-state index in [1.165, 1.54) is 103 Å². The normalized spacial score (nSPS) is 11.3. The average Bonchev–Trinajstić information content (AvgIpc) is 2.66. The minimum Gasteiger partial charge on any atom is -0.396 e. The Morgan fingerprint density at radius 3 is 1.15 bits per heavy atom. The zero-order valence-corrected chi connectivity index (χ0v) is 17.8. The van der Waals surface area contributed by atoms with Crippen molar-refractivity contribution < 1.29 is 14.6 Å². The molecule has 3 nitrogen and oxygen atoms in total. The summed E-state index contributed by atoms with van der Waals surface area (Å²) in [4.78, 5) is 0. The van der Waals surface area contributed by atoms with E-state index in [0.29, 0.717) is 19.8 Å². The number of unbranched alkanes of at least 4 members (excludes halogenated alkanes) is 15. The van der Waals surface area contributed by atoms with E-state index in [4.69, 9.17) is 14.6 Å². The SMILES string of the molecule is CCCCCCCCCCCCCCCCCCOCCOCCCO. The lowest BCUT2D eigenvalue weighted by atomic mass is 10.0. The molecule has 0 atom stereocenters. The summed E-state index contributed by atoms with van der Waals surface area (Å²) in [5.74, 6) is 0. The monoisotopic (exact) mass is 372 g/mol. The number of hydrogen-bond donors (Lipinski definition) is 1. The molecular formula is C23H48O3. The van der Waals surface area contributed by atoms with Crippen LogP contribution in [0.3, 0.4) is 0 Å². The molecule has 26 heavy (non-hydrogen) atoms. The Balaban J connectivity index is 2.95. The number of aliphatic hydroxyl groups is 1. The highest BCUT2D eigenvalue weighted by molar-refractivity contribution is 4.50. The van der Waals surface area contributed by atoms with Gasteiger partial charge in [-0.25, -0.2) is 0 Å². The van der Waals surface area contributed by atoms with E-state index in [0.717, 1.165) is 13.0 Å². The molecule has 0 aromatic carbocycles. The fourth-order valence-electron chi connectivity index (χ4n) is 3.24. The fraction of sp³-hybridized carbons (Fsp3) is 1.00. The third-order valence-electron chi connectivity index (χ3n) is 4.96. The van der Waals surface area contributed by atoms with Crippen molar-refractivity contribution in [3.05, 3.63) is 0 Å². The van der Waals surface area contributed by atoms with Gasteiger partial charge in [0.05, 0.1) is 13.2 Å². The Labute approximate surface area is 164 Å². The number of aliphatic hydroxyl groups excluding tert-OH is 1. The zero-order chi connectivity index (χ0) is 19.0. The summed E-state index contributed by atoms with van der Waals surface area (Å²) < 4.78 is 10.9. The summed E-state index contributed by atoms with van der Waals surface area (Å²) in [6, 6.07) is 0. The second-order valence-electron chi connectivity index (χ2n) is 7.61. The lowest BCUT2D eigenvalue weighted by Crippen LogP contribution is -2.06. The van der Waals surface area contributed by atoms with E-state index in [9.17, 15) is 0 Å². The van der Waals surface area contributed by atoms with Gasteiger partial charge in [0.2, 0.25) is 0 Å². The number of hydrogen-bond acceptors (Lipinski definition) is 3. The predicted molar refractivity (Wildman–Crippen MR) is 113 cm³/mol. The lowest BCUT2D eigenvalue weighted by molar-refractivity contribution is 0.0413. The van der Waals surface area contributed by atoms with E-state index < -0.39 is 0 Å². The summed E-state index contributed by atoms with van der Waals surface area (Å²) >= 11 is 0. The molecule has 0 heterocycles. The average molecular weight is 373 g/mol. The van der Waals surface area contributed by atoms with E-state index in [2.05, 4.69) is 6.92 Å². The van der Waals surface area contributed by atoms with Crippen LogP contribution in [-0.2, 0) is 9.47 Å². The van der Waals surface area contributed by atoms with E-state index >= 15 is 0 Å². The molecule has 1 N–H and O–H groups in total. The number of ether oxygens (including phenoxy) is 2. The first-order valence-corrected chi connectivity index (χ1v) is 11.7. The maximum atomic E-state index is 8.62. The van der Waals surface area contributed by atoms with E-state index in [-0.39, 0.29) is 6.61 Å². The molecule has 0 fully saturated rings. The van der Waals surface area contributed by atoms with Crippen LogP contribution in [-0.4, -0.2) is 38.1 Å². The van der Waals surface area contributed by atoms with Crippen LogP contribution >= 0.6 is 0 Å². The van der Waals surface area contributed by atoms with Gasteiger partial charge in [0.15, 0.2) is 0 Å².